The van der Waals surface area contributed by atoms with Crippen molar-refractivity contribution in [2.45, 2.75) is 0 Å². The molecule has 0 bridgehead atoms. The summed E-state index contributed by atoms with van der Waals surface area (Å²) in [7, 11) is 0. The van der Waals surface area contributed by atoms with Gasteiger partial charge >= 0.3 is 18.3 Å². The molecule has 0 rings (SSSR count). The van der Waals surface area contributed by atoms with Crippen molar-refractivity contribution < 1.29 is 33.7 Å². The lowest BCUT2D eigenvalue weighted by Gasteiger charge is -2.29. The molecular weight excluding hydrogens is 250 g/mol. The van der Waals surface area contributed by atoms with Gasteiger partial charge in [0.2, 0.25) is 0 Å². The summed E-state index contributed by atoms with van der Waals surface area (Å²) in [6.45, 7) is -1.96. The molecule has 0 fully saturated rings. The van der Waals surface area contributed by atoms with E-state index in [4.69, 9.17) is 17.2 Å². The molecule has 0 spiro atoms. The standard InChI is InChI=1S/C8H15N3O7/c9-5(13)16-2-8(1-12,3-17-6(10)14)4-18-7(11)15/h12H,1-4H2,(H2,9,13)(H2,10,14)(H2,11,15). The second-order valence-electron chi connectivity index (χ2n) is 3.48. The van der Waals surface area contributed by atoms with Gasteiger partial charge < -0.3 is 36.5 Å². The van der Waals surface area contributed by atoms with Crippen LogP contribution >= 0.6 is 0 Å². The molecule has 0 saturated carbocycles. The Hall–Kier alpha value is -2.23. The number of nitrogens with two attached hydrogens (primary N) is 3. The van der Waals surface area contributed by atoms with Gasteiger partial charge in [-0.25, -0.2) is 14.4 Å². The van der Waals surface area contributed by atoms with Gasteiger partial charge in [0.1, 0.15) is 19.8 Å². The van der Waals surface area contributed by atoms with Crippen molar-refractivity contribution in [2.24, 2.45) is 22.6 Å². The molecule has 0 radical (unpaired) electrons. The van der Waals surface area contributed by atoms with Crippen LogP contribution in [0.5, 0.6) is 0 Å². The Morgan fingerprint density at radius 2 is 1.11 bits per heavy atom. The number of primary amides is 3. The fourth-order valence-corrected chi connectivity index (χ4v) is 0.935. The summed E-state index contributed by atoms with van der Waals surface area (Å²) in [6.07, 6.45) is -3.32. The maximum absolute atomic E-state index is 10.5. The van der Waals surface area contributed by atoms with Crippen LogP contribution in [-0.4, -0.2) is 49.8 Å². The van der Waals surface area contributed by atoms with Crippen LogP contribution in [-0.2, 0) is 14.2 Å². The van der Waals surface area contributed by atoms with Crippen molar-refractivity contribution in [2.75, 3.05) is 26.4 Å². The number of ether oxygens (including phenoxy) is 3. The third-order valence-corrected chi connectivity index (χ3v) is 1.90. The molecule has 0 unspecified atom stereocenters. The lowest BCUT2D eigenvalue weighted by Crippen LogP contribution is -2.44. The number of carbonyl (C=O) groups excluding carboxylic acids is 3. The predicted molar refractivity (Wildman–Crippen MR) is 56.1 cm³/mol. The Bertz CT molecular complexity index is 274. The van der Waals surface area contributed by atoms with Gasteiger partial charge in [-0.05, 0) is 0 Å². The molecule has 0 aliphatic heterocycles. The highest BCUT2D eigenvalue weighted by atomic mass is 16.6. The summed E-state index contributed by atoms with van der Waals surface area (Å²) in [4.78, 5) is 31.5. The van der Waals surface area contributed by atoms with E-state index in [-0.39, 0.29) is 0 Å². The lowest BCUT2D eigenvalue weighted by molar-refractivity contribution is -0.0418. The summed E-state index contributed by atoms with van der Waals surface area (Å²) in [5.41, 5.74) is 12.9. The molecule has 0 aromatic rings. The van der Waals surface area contributed by atoms with E-state index in [0.29, 0.717) is 0 Å². The number of rotatable bonds is 7. The van der Waals surface area contributed by atoms with E-state index >= 15 is 0 Å². The summed E-state index contributed by atoms with van der Waals surface area (Å²) < 4.78 is 13.4. The lowest BCUT2D eigenvalue weighted by atomic mass is 9.92. The normalized spacial score (nSPS) is 10.5. The van der Waals surface area contributed by atoms with Gasteiger partial charge in [-0.15, -0.1) is 0 Å². The van der Waals surface area contributed by atoms with E-state index in [0.717, 1.165) is 0 Å². The number of carbonyl (C=O) groups is 3. The maximum Gasteiger partial charge on any atom is 0.404 e. The van der Waals surface area contributed by atoms with E-state index in [1.807, 2.05) is 0 Å². The summed E-state index contributed by atoms with van der Waals surface area (Å²) >= 11 is 0. The van der Waals surface area contributed by atoms with Gasteiger partial charge in [-0.2, -0.15) is 0 Å². The fraction of sp³-hybridized carbons (Fsp3) is 0.625. The summed E-state index contributed by atoms with van der Waals surface area (Å²) in [6, 6.07) is 0. The van der Waals surface area contributed by atoms with Gasteiger partial charge in [0.25, 0.3) is 0 Å². The van der Waals surface area contributed by atoms with Gasteiger partial charge in [0.05, 0.1) is 12.0 Å². The van der Waals surface area contributed by atoms with Crippen LogP contribution in [0.25, 0.3) is 0 Å². The van der Waals surface area contributed by atoms with E-state index in [9.17, 15) is 19.5 Å². The maximum atomic E-state index is 10.5. The zero-order valence-corrected chi connectivity index (χ0v) is 9.46. The second-order valence-corrected chi connectivity index (χ2v) is 3.48. The minimum Gasteiger partial charge on any atom is -0.449 e. The van der Waals surface area contributed by atoms with Crippen molar-refractivity contribution in [1.29, 1.82) is 0 Å². The SMILES string of the molecule is NC(=O)OCC(CO)(COC(N)=O)COC(N)=O. The quantitative estimate of drug-likeness (QED) is 0.394. The van der Waals surface area contributed by atoms with Crippen LogP contribution in [0.4, 0.5) is 14.4 Å². The van der Waals surface area contributed by atoms with Crippen LogP contribution < -0.4 is 17.2 Å². The van der Waals surface area contributed by atoms with Crippen molar-refractivity contribution in [3.8, 4) is 0 Å². The Labute approximate surface area is 102 Å². The highest BCUT2D eigenvalue weighted by Crippen LogP contribution is 2.18. The van der Waals surface area contributed by atoms with Crippen molar-refractivity contribution >= 4 is 18.3 Å². The summed E-state index contributed by atoms with van der Waals surface area (Å²) in [5.74, 6) is 0. The Morgan fingerprint density at radius 1 is 0.833 bits per heavy atom. The van der Waals surface area contributed by atoms with Crippen molar-refractivity contribution in [1.82, 2.24) is 0 Å². The molecule has 0 aromatic heterocycles. The van der Waals surface area contributed by atoms with Gasteiger partial charge in [0, 0.05) is 0 Å². The van der Waals surface area contributed by atoms with Crippen LogP contribution in [0.3, 0.4) is 0 Å². The molecule has 0 saturated heterocycles. The highest BCUT2D eigenvalue weighted by Gasteiger charge is 2.35. The monoisotopic (exact) mass is 265 g/mol. The average molecular weight is 265 g/mol. The first-order chi connectivity index (χ1) is 8.31. The number of hydrogen-bond donors (Lipinski definition) is 4. The molecule has 3 amide bonds. The van der Waals surface area contributed by atoms with Crippen molar-refractivity contribution in [3.63, 3.8) is 0 Å². The molecular formula is C8H15N3O7. The van der Waals surface area contributed by atoms with E-state index < -0.39 is 50.1 Å². The fourth-order valence-electron chi connectivity index (χ4n) is 0.935. The van der Waals surface area contributed by atoms with E-state index in [1.165, 1.54) is 0 Å². The zero-order valence-electron chi connectivity index (χ0n) is 9.46. The third kappa shape index (κ3) is 6.37. The molecule has 7 N–H and O–H groups in total. The number of hydrogen-bond acceptors (Lipinski definition) is 7. The van der Waals surface area contributed by atoms with Crippen LogP contribution in [0.15, 0.2) is 0 Å². The van der Waals surface area contributed by atoms with Gasteiger partial charge in [-0.1, -0.05) is 0 Å². The number of amides is 3. The van der Waals surface area contributed by atoms with Crippen LogP contribution in [0, 0.1) is 5.41 Å². The molecule has 0 aromatic carbocycles. The third-order valence-electron chi connectivity index (χ3n) is 1.90. The molecule has 10 nitrogen and oxygen atoms in total. The first-order valence-electron chi connectivity index (χ1n) is 4.69. The highest BCUT2D eigenvalue weighted by molar-refractivity contribution is 5.65. The van der Waals surface area contributed by atoms with Crippen LogP contribution in [0.1, 0.15) is 0 Å². The molecule has 0 aliphatic carbocycles. The summed E-state index contributed by atoms with van der Waals surface area (Å²) in [5, 5.41) is 9.22. The van der Waals surface area contributed by atoms with Crippen LogP contribution in [0.2, 0.25) is 0 Å². The molecule has 104 valence electrons. The Balaban J connectivity index is 4.63. The van der Waals surface area contributed by atoms with E-state index in [1.54, 1.807) is 0 Å². The molecule has 0 aliphatic rings. The smallest absolute Gasteiger partial charge is 0.404 e. The minimum atomic E-state index is -1.38. The van der Waals surface area contributed by atoms with E-state index in [2.05, 4.69) is 14.2 Å². The number of aliphatic hydroxyl groups excluding tert-OH is 1. The Morgan fingerprint density at radius 3 is 1.28 bits per heavy atom. The van der Waals surface area contributed by atoms with Gasteiger partial charge in [-0.3, -0.25) is 0 Å². The molecule has 10 heteroatoms. The molecule has 0 heterocycles. The first kappa shape index (κ1) is 15.8. The van der Waals surface area contributed by atoms with Gasteiger partial charge in [0.15, 0.2) is 0 Å². The second kappa shape index (κ2) is 7.17. The average Bonchev–Trinajstić information content (AvgIpc) is 2.28. The Kier molecular flexibility index (Phi) is 6.28. The topological polar surface area (TPSA) is 177 Å². The first-order valence-corrected chi connectivity index (χ1v) is 4.69. The molecule has 18 heavy (non-hydrogen) atoms. The predicted octanol–water partition coefficient (Wildman–Crippen LogP) is -1.75. The molecule has 0 atom stereocenters. The zero-order chi connectivity index (χ0) is 14.2. The van der Waals surface area contributed by atoms with Crippen molar-refractivity contribution in [3.05, 3.63) is 0 Å². The largest absolute Gasteiger partial charge is 0.449 e. The number of aliphatic hydroxyl groups is 1. The minimum absolute atomic E-state index is 0.445.